The Hall–Kier alpha value is -2.17. The first kappa shape index (κ1) is 17.2. The van der Waals surface area contributed by atoms with Crippen LogP contribution < -0.4 is 5.73 Å². The quantitative estimate of drug-likeness (QED) is 0.815. The van der Waals surface area contributed by atoms with Crippen molar-refractivity contribution < 1.29 is 9.53 Å². The number of hydrogen-bond donors (Lipinski definition) is 1. The second-order valence-corrected chi connectivity index (χ2v) is 5.45. The second-order valence-electron chi connectivity index (χ2n) is 5.45. The van der Waals surface area contributed by atoms with Crippen LogP contribution in [-0.2, 0) is 17.8 Å². The number of benzene rings is 2. The number of nitrogens with zero attached hydrogens (tertiary/aromatic N) is 1. The van der Waals surface area contributed by atoms with Gasteiger partial charge in [0, 0.05) is 32.3 Å². The molecule has 0 unspecified atom stereocenters. The van der Waals surface area contributed by atoms with Crippen LogP contribution in [0.4, 0.5) is 0 Å². The van der Waals surface area contributed by atoms with E-state index >= 15 is 0 Å². The van der Waals surface area contributed by atoms with E-state index in [9.17, 15) is 4.79 Å². The summed E-state index contributed by atoms with van der Waals surface area (Å²) in [7, 11) is 1.65. The van der Waals surface area contributed by atoms with Gasteiger partial charge < -0.3 is 15.4 Å². The van der Waals surface area contributed by atoms with E-state index in [0.29, 0.717) is 31.8 Å². The molecule has 0 saturated heterocycles. The summed E-state index contributed by atoms with van der Waals surface area (Å²) in [6.07, 6.45) is 0.824. The van der Waals surface area contributed by atoms with Gasteiger partial charge in [-0.2, -0.15) is 0 Å². The summed E-state index contributed by atoms with van der Waals surface area (Å²) < 4.78 is 5.13. The molecule has 0 bridgehead atoms. The molecule has 23 heavy (non-hydrogen) atoms. The lowest BCUT2D eigenvalue weighted by Gasteiger charge is -2.22. The Balaban J connectivity index is 2.06. The minimum Gasteiger partial charge on any atom is -0.380 e. The van der Waals surface area contributed by atoms with Gasteiger partial charge in [0.15, 0.2) is 0 Å². The Bertz CT molecular complexity index is 614. The fraction of sp³-hybridized carbons (Fsp3) is 0.316. The van der Waals surface area contributed by atoms with Crippen molar-refractivity contribution in [1.29, 1.82) is 0 Å². The molecule has 2 aromatic carbocycles. The molecular formula is C19H24N2O2. The fourth-order valence-electron chi connectivity index (χ4n) is 2.52. The summed E-state index contributed by atoms with van der Waals surface area (Å²) in [5.74, 6) is 0.0179. The van der Waals surface area contributed by atoms with Crippen LogP contribution in [0.3, 0.4) is 0 Å². The summed E-state index contributed by atoms with van der Waals surface area (Å²) in [5.41, 5.74) is 8.57. The first-order chi connectivity index (χ1) is 11.2. The summed E-state index contributed by atoms with van der Waals surface area (Å²) in [6, 6.07) is 17.7. The lowest BCUT2D eigenvalue weighted by molar-refractivity contribution is 0.0761. The number of rotatable bonds is 8. The molecule has 0 aliphatic rings. The molecule has 0 saturated carbocycles. The number of carbonyl (C=O) groups excluding carboxylic acids is 1. The predicted octanol–water partition coefficient (Wildman–Crippen LogP) is 2.48. The van der Waals surface area contributed by atoms with Gasteiger partial charge in [-0.1, -0.05) is 42.5 Å². The Morgan fingerprint density at radius 2 is 1.78 bits per heavy atom. The molecule has 2 N–H and O–H groups in total. The number of methoxy groups -OCH3 is 1. The number of hydrogen-bond acceptors (Lipinski definition) is 3. The van der Waals surface area contributed by atoms with Gasteiger partial charge in [0.2, 0.25) is 0 Å². The van der Waals surface area contributed by atoms with Crippen LogP contribution >= 0.6 is 0 Å². The third kappa shape index (κ3) is 5.20. The van der Waals surface area contributed by atoms with Gasteiger partial charge in [0.05, 0.1) is 6.61 Å². The molecule has 2 aromatic rings. The number of carbonyl (C=O) groups is 1. The smallest absolute Gasteiger partial charge is 0.253 e. The molecule has 0 fully saturated rings. The maximum Gasteiger partial charge on any atom is 0.253 e. The number of ether oxygens (including phenoxy) is 1. The molecule has 2 rings (SSSR count). The normalized spacial score (nSPS) is 10.5. The minimum absolute atomic E-state index is 0.0179. The van der Waals surface area contributed by atoms with Crippen LogP contribution in [0.25, 0.3) is 0 Å². The summed E-state index contributed by atoms with van der Waals surface area (Å²) >= 11 is 0. The largest absolute Gasteiger partial charge is 0.380 e. The lowest BCUT2D eigenvalue weighted by atomic mass is 10.1. The highest BCUT2D eigenvalue weighted by atomic mass is 16.5. The summed E-state index contributed by atoms with van der Waals surface area (Å²) in [6.45, 7) is 2.18. The van der Waals surface area contributed by atoms with Crippen LogP contribution in [-0.4, -0.2) is 37.6 Å². The van der Waals surface area contributed by atoms with E-state index in [1.165, 1.54) is 5.56 Å². The van der Waals surface area contributed by atoms with Gasteiger partial charge in [0.25, 0.3) is 5.91 Å². The highest BCUT2D eigenvalue weighted by Gasteiger charge is 2.15. The number of amides is 1. The Kier molecular flexibility index (Phi) is 6.78. The van der Waals surface area contributed by atoms with Crippen LogP contribution in [0.5, 0.6) is 0 Å². The minimum atomic E-state index is 0.0179. The van der Waals surface area contributed by atoms with Crippen molar-refractivity contribution in [3.05, 3.63) is 71.3 Å². The molecule has 4 nitrogen and oxygen atoms in total. The summed E-state index contributed by atoms with van der Waals surface area (Å²) in [5, 5.41) is 0. The molecule has 0 aromatic heterocycles. The van der Waals surface area contributed by atoms with Crippen LogP contribution in [0, 0.1) is 0 Å². The van der Waals surface area contributed by atoms with E-state index in [-0.39, 0.29) is 5.91 Å². The molecule has 1 amide bonds. The van der Waals surface area contributed by atoms with Crippen molar-refractivity contribution >= 4 is 5.91 Å². The van der Waals surface area contributed by atoms with Crippen molar-refractivity contribution in [2.24, 2.45) is 5.73 Å². The first-order valence-corrected chi connectivity index (χ1v) is 7.85. The molecule has 122 valence electrons. The van der Waals surface area contributed by atoms with E-state index in [1.54, 1.807) is 7.11 Å². The van der Waals surface area contributed by atoms with Gasteiger partial charge >= 0.3 is 0 Å². The monoisotopic (exact) mass is 312 g/mol. The second kappa shape index (κ2) is 9.08. The molecule has 0 aliphatic heterocycles. The third-order valence-electron chi connectivity index (χ3n) is 3.68. The van der Waals surface area contributed by atoms with Gasteiger partial charge in [-0.05, 0) is 29.7 Å². The van der Waals surface area contributed by atoms with Crippen molar-refractivity contribution in [1.82, 2.24) is 4.90 Å². The zero-order valence-electron chi connectivity index (χ0n) is 13.6. The third-order valence-corrected chi connectivity index (χ3v) is 3.68. The molecule has 4 heteroatoms. The SMILES string of the molecule is COCc1cccc(C(=O)N(CCN)CCc2ccccc2)c1. The van der Waals surface area contributed by atoms with E-state index in [2.05, 4.69) is 12.1 Å². The highest BCUT2D eigenvalue weighted by Crippen LogP contribution is 2.11. The average Bonchev–Trinajstić information content (AvgIpc) is 2.59. The standard InChI is InChI=1S/C19H24N2O2/c1-23-15-17-8-5-9-18(14-17)19(22)21(13-11-20)12-10-16-6-3-2-4-7-16/h2-9,14H,10-13,15,20H2,1H3. The Morgan fingerprint density at radius 1 is 1.04 bits per heavy atom. The van der Waals surface area contributed by atoms with E-state index in [4.69, 9.17) is 10.5 Å². The van der Waals surface area contributed by atoms with Crippen LogP contribution in [0.1, 0.15) is 21.5 Å². The maximum absolute atomic E-state index is 12.7. The average molecular weight is 312 g/mol. The van der Waals surface area contributed by atoms with Crippen molar-refractivity contribution in [3.63, 3.8) is 0 Å². The maximum atomic E-state index is 12.7. The molecule has 0 spiro atoms. The Morgan fingerprint density at radius 3 is 2.48 bits per heavy atom. The van der Waals surface area contributed by atoms with E-state index in [1.807, 2.05) is 47.4 Å². The lowest BCUT2D eigenvalue weighted by Crippen LogP contribution is -2.37. The zero-order valence-corrected chi connectivity index (χ0v) is 13.6. The molecule has 0 aliphatic carbocycles. The predicted molar refractivity (Wildman–Crippen MR) is 92.3 cm³/mol. The van der Waals surface area contributed by atoms with Gasteiger partial charge in [-0.15, -0.1) is 0 Å². The highest BCUT2D eigenvalue weighted by molar-refractivity contribution is 5.94. The van der Waals surface area contributed by atoms with E-state index in [0.717, 1.165) is 12.0 Å². The number of nitrogens with two attached hydrogens (primary N) is 1. The summed E-state index contributed by atoms with van der Waals surface area (Å²) in [4.78, 5) is 14.6. The van der Waals surface area contributed by atoms with E-state index < -0.39 is 0 Å². The molecule has 0 heterocycles. The van der Waals surface area contributed by atoms with Gasteiger partial charge in [-0.25, -0.2) is 0 Å². The zero-order chi connectivity index (χ0) is 16.5. The van der Waals surface area contributed by atoms with Crippen LogP contribution in [0.15, 0.2) is 54.6 Å². The Labute approximate surface area is 137 Å². The van der Waals surface area contributed by atoms with Crippen molar-refractivity contribution in [2.45, 2.75) is 13.0 Å². The van der Waals surface area contributed by atoms with Gasteiger partial charge in [-0.3, -0.25) is 4.79 Å². The molecular weight excluding hydrogens is 288 g/mol. The fourth-order valence-corrected chi connectivity index (χ4v) is 2.52. The molecule has 0 atom stereocenters. The topological polar surface area (TPSA) is 55.6 Å². The molecule has 0 radical (unpaired) electrons. The van der Waals surface area contributed by atoms with Crippen LogP contribution in [0.2, 0.25) is 0 Å². The van der Waals surface area contributed by atoms with Gasteiger partial charge in [0.1, 0.15) is 0 Å². The first-order valence-electron chi connectivity index (χ1n) is 7.85. The van der Waals surface area contributed by atoms with Crippen molar-refractivity contribution in [2.75, 3.05) is 26.7 Å². The van der Waals surface area contributed by atoms with Crippen molar-refractivity contribution in [3.8, 4) is 0 Å².